The minimum absolute atomic E-state index is 0.0810. The van der Waals surface area contributed by atoms with Crippen LogP contribution in [0.1, 0.15) is 62.4 Å². The van der Waals surface area contributed by atoms with E-state index in [1.807, 2.05) is 63.9 Å². The molecule has 4 heteroatoms. The van der Waals surface area contributed by atoms with Crippen molar-refractivity contribution in [2.24, 2.45) is 0 Å². The first kappa shape index (κ1) is 17.5. The van der Waals surface area contributed by atoms with Gasteiger partial charge in [-0.2, -0.15) is 0 Å². The second kappa shape index (κ2) is 7.16. The van der Waals surface area contributed by atoms with Crippen LogP contribution in [0.2, 0.25) is 0 Å². The van der Waals surface area contributed by atoms with Crippen molar-refractivity contribution in [3.8, 4) is 0 Å². The van der Waals surface area contributed by atoms with Gasteiger partial charge in [-0.1, -0.05) is 12.1 Å². The molecule has 1 aliphatic heterocycles. The number of rotatable bonds is 4. The Bertz CT molecular complexity index is 555. The third-order valence-corrected chi connectivity index (χ3v) is 4.60. The zero-order valence-corrected chi connectivity index (χ0v) is 14.9. The lowest BCUT2D eigenvalue weighted by molar-refractivity contribution is -0.132. The Labute approximate surface area is 139 Å². The zero-order chi connectivity index (χ0) is 17.1. The van der Waals surface area contributed by atoms with Crippen LogP contribution in [-0.2, 0) is 4.79 Å². The summed E-state index contributed by atoms with van der Waals surface area (Å²) in [7, 11) is 1.86. The molecule has 0 radical (unpaired) electrons. The van der Waals surface area contributed by atoms with Gasteiger partial charge in [0, 0.05) is 43.6 Å². The van der Waals surface area contributed by atoms with Gasteiger partial charge in [-0.05, 0) is 51.8 Å². The van der Waals surface area contributed by atoms with E-state index < -0.39 is 0 Å². The van der Waals surface area contributed by atoms with Crippen LogP contribution in [0.4, 0.5) is 0 Å². The summed E-state index contributed by atoms with van der Waals surface area (Å²) >= 11 is 0. The maximum absolute atomic E-state index is 12.7. The fraction of sp³-hybridized carbons (Fsp3) is 0.579. The van der Waals surface area contributed by atoms with E-state index in [2.05, 4.69) is 0 Å². The predicted molar refractivity (Wildman–Crippen MR) is 92.5 cm³/mol. The normalized spacial score (nSPS) is 18.7. The summed E-state index contributed by atoms with van der Waals surface area (Å²) in [6, 6.07) is 8.29. The van der Waals surface area contributed by atoms with Crippen molar-refractivity contribution in [3.63, 3.8) is 0 Å². The highest BCUT2D eigenvalue weighted by molar-refractivity contribution is 5.94. The number of likely N-dealkylation sites (tertiary alicyclic amines) is 1. The number of carbonyl (C=O) groups excluding carboxylic acids is 2. The summed E-state index contributed by atoms with van der Waals surface area (Å²) < 4.78 is 0. The zero-order valence-electron chi connectivity index (χ0n) is 14.9. The molecule has 126 valence electrons. The molecule has 1 aromatic rings. The van der Waals surface area contributed by atoms with Gasteiger partial charge in [0.2, 0.25) is 5.91 Å². The van der Waals surface area contributed by atoms with E-state index in [0.29, 0.717) is 12.3 Å². The third kappa shape index (κ3) is 3.92. The lowest BCUT2D eigenvalue weighted by Gasteiger charge is -2.31. The topological polar surface area (TPSA) is 40.6 Å². The van der Waals surface area contributed by atoms with Crippen molar-refractivity contribution in [3.05, 3.63) is 35.4 Å². The minimum Gasteiger partial charge on any atom is -0.345 e. The van der Waals surface area contributed by atoms with Gasteiger partial charge in [-0.25, -0.2) is 0 Å². The van der Waals surface area contributed by atoms with E-state index in [1.54, 1.807) is 4.90 Å². The molecule has 1 aliphatic rings. The monoisotopic (exact) mass is 316 g/mol. The Kier molecular flexibility index (Phi) is 5.45. The van der Waals surface area contributed by atoms with Gasteiger partial charge in [-0.3, -0.25) is 9.59 Å². The van der Waals surface area contributed by atoms with E-state index in [0.717, 1.165) is 18.5 Å². The van der Waals surface area contributed by atoms with E-state index in [1.165, 1.54) is 5.56 Å². The molecular formula is C19H28N2O2. The number of hydrogen-bond acceptors (Lipinski definition) is 2. The first-order valence-electron chi connectivity index (χ1n) is 8.47. The second-order valence-corrected chi connectivity index (χ2v) is 7.03. The molecule has 1 heterocycles. The van der Waals surface area contributed by atoms with Crippen LogP contribution in [0.5, 0.6) is 0 Å². The minimum atomic E-state index is 0.0810. The molecule has 1 unspecified atom stereocenters. The maximum Gasteiger partial charge on any atom is 0.254 e. The van der Waals surface area contributed by atoms with Gasteiger partial charge in [0.1, 0.15) is 0 Å². The lowest BCUT2D eigenvalue weighted by Crippen LogP contribution is -2.42. The quantitative estimate of drug-likeness (QED) is 0.855. The molecule has 4 nitrogen and oxygen atoms in total. The first-order chi connectivity index (χ1) is 10.8. The standard InChI is InChI=1S/C19H28N2O2/c1-13(2)21(14(3)4)19(23)16-8-6-15(7-9-16)17-10-11-18(22)20(5)12-17/h6-9,13-14,17H,10-12H2,1-5H3. The Morgan fingerprint density at radius 2 is 1.70 bits per heavy atom. The van der Waals surface area contributed by atoms with Gasteiger partial charge >= 0.3 is 0 Å². The predicted octanol–water partition coefficient (Wildman–Crippen LogP) is 3.28. The van der Waals surface area contributed by atoms with E-state index in [-0.39, 0.29) is 23.9 Å². The number of piperidine rings is 1. The van der Waals surface area contributed by atoms with Crippen LogP contribution in [-0.4, -0.2) is 47.3 Å². The van der Waals surface area contributed by atoms with Gasteiger partial charge < -0.3 is 9.80 Å². The summed E-state index contributed by atoms with van der Waals surface area (Å²) in [6.45, 7) is 8.93. The molecule has 2 rings (SSSR count). The molecular weight excluding hydrogens is 288 g/mol. The SMILES string of the molecule is CC(C)N(C(=O)c1ccc(C2CCC(=O)N(C)C2)cc1)C(C)C. The average molecular weight is 316 g/mol. The van der Waals surface area contributed by atoms with Crippen LogP contribution < -0.4 is 0 Å². The molecule has 0 bridgehead atoms. The summed E-state index contributed by atoms with van der Waals surface area (Å²) in [6.07, 6.45) is 1.50. The number of amides is 2. The fourth-order valence-corrected chi connectivity index (χ4v) is 3.40. The van der Waals surface area contributed by atoms with E-state index in [9.17, 15) is 9.59 Å². The molecule has 1 saturated heterocycles. The molecule has 1 aromatic carbocycles. The van der Waals surface area contributed by atoms with Crippen LogP contribution in [0.15, 0.2) is 24.3 Å². The number of benzene rings is 1. The van der Waals surface area contributed by atoms with Crippen molar-refractivity contribution in [1.29, 1.82) is 0 Å². The maximum atomic E-state index is 12.7. The van der Waals surface area contributed by atoms with Crippen molar-refractivity contribution < 1.29 is 9.59 Å². The Balaban J connectivity index is 2.13. The van der Waals surface area contributed by atoms with Crippen molar-refractivity contribution >= 4 is 11.8 Å². The van der Waals surface area contributed by atoms with Crippen molar-refractivity contribution in [1.82, 2.24) is 9.80 Å². The average Bonchev–Trinajstić information content (AvgIpc) is 2.49. The number of carbonyl (C=O) groups is 2. The Hall–Kier alpha value is -1.84. The highest BCUT2D eigenvalue weighted by Gasteiger charge is 2.25. The fourth-order valence-electron chi connectivity index (χ4n) is 3.40. The summed E-state index contributed by atoms with van der Waals surface area (Å²) in [4.78, 5) is 28.0. The summed E-state index contributed by atoms with van der Waals surface area (Å²) in [5, 5.41) is 0. The molecule has 0 aromatic heterocycles. The van der Waals surface area contributed by atoms with Crippen LogP contribution in [0, 0.1) is 0 Å². The highest BCUT2D eigenvalue weighted by atomic mass is 16.2. The van der Waals surface area contributed by atoms with Crippen LogP contribution in [0.25, 0.3) is 0 Å². The first-order valence-corrected chi connectivity index (χ1v) is 8.47. The largest absolute Gasteiger partial charge is 0.345 e. The number of likely N-dealkylation sites (N-methyl/N-ethyl adjacent to an activating group) is 1. The molecule has 0 aliphatic carbocycles. The van der Waals surface area contributed by atoms with Crippen LogP contribution in [0.3, 0.4) is 0 Å². The van der Waals surface area contributed by atoms with Crippen LogP contribution >= 0.6 is 0 Å². The summed E-state index contributed by atoms with van der Waals surface area (Å²) in [5.74, 6) is 0.670. The highest BCUT2D eigenvalue weighted by Crippen LogP contribution is 2.27. The van der Waals surface area contributed by atoms with Crippen molar-refractivity contribution in [2.75, 3.05) is 13.6 Å². The molecule has 23 heavy (non-hydrogen) atoms. The van der Waals surface area contributed by atoms with Gasteiger partial charge in [0.15, 0.2) is 0 Å². The van der Waals surface area contributed by atoms with E-state index in [4.69, 9.17) is 0 Å². The molecule has 1 fully saturated rings. The van der Waals surface area contributed by atoms with Gasteiger partial charge in [0.25, 0.3) is 5.91 Å². The molecule has 2 amide bonds. The smallest absolute Gasteiger partial charge is 0.254 e. The van der Waals surface area contributed by atoms with E-state index >= 15 is 0 Å². The third-order valence-electron chi connectivity index (χ3n) is 4.60. The second-order valence-electron chi connectivity index (χ2n) is 7.03. The Morgan fingerprint density at radius 1 is 1.13 bits per heavy atom. The van der Waals surface area contributed by atoms with Gasteiger partial charge in [0.05, 0.1) is 0 Å². The number of nitrogens with zero attached hydrogens (tertiary/aromatic N) is 2. The molecule has 1 atom stereocenters. The lowest BCUT2D eigenvalue weighted by atomic mass is 9.90. The molecule has 0 saturated carbocycles. The summed E-state index contributed by atoms with van der Waals surface area (Å²) in [5.41, 5.74) is 1.94. The van der Waals surface area contributed by atoms with Gasteiger partial charge in [-0.15, -0.1) is 0 Å². The van der Waals surface area contributed by atoms with Crippen molar-refractivity contribution in [2.45, 2.75) is 58.5 Å². The molecule has 0 N–H and O–H groups in total. The molecule has 0 spiro atoms. The number of hydrogen-bond donors (Lipinski definition) is 0. The Morgan fingerprint density at radius 3 is 2.17 bits per heavy atom.